The van der Waals surface area contributed by atoms with Gasteiger partial charge in [0.15, 0.2) is 11.6 Å². The molecule has 0 heterocycles. The van der Waals surface area contributed by atoms with Crippen LogP contribution in [0.15, 0.2) is 12.1 Å². The van der Waals surface area contributed by atoms with E-state index in [9.17, 15) is 9.18 Å². The van der Waals surface area contributed by atoms with Crippen molar-refractivity contribution in [3.8, 4) is 5.75 Å². The lowest BCUT2D eigenvalue weighted by Gasteiger charge is -2.56. The van der Waals surface area contributed by atoms with E-state index in [0.29, 0.717) is 23.5 Å². The Labute approximate surface area is 155 Å². The number of methoxy groups -OCH3 is 1. The highest BCUT2D eigenvalue weighted by atomic mass is 19.1. The zero-order valence-electron chi connectivity index (χ0n) is 16.0. The molecular weight excluding hydrogens is 331 g/mol. The molecule has 3 nitrogen and oxygen atoms in total. The Morgan fingerprint density at radius 3 is 2.77 bits per heavy atom. The number of aryl methyl sites for hydroxylation is 1. The van der Waals surface area contributed by atoms with E-state index in [-0.39, 0.29) is 23.3 Å². The second-order valence-corrected chi connectivity index (χ2v) is 8.67. The molecule has 142 valence electrons. The van der Waals surface area contributed by atoms with E-state index in [2.05, 4.69) is 6.92 Å². The van der Waals surface area contributed by atoms with Gasteiger partial charge in [0, 0.05) is 12.3 Å². The fourth-order valence-electron chi connectivity index (χ4n) is 6.27. The van der Waals surface area contributed by atoms with Crippen LogP contribution in [0.3, 0.4) is 0 Å². The zero-order valence-corrected chi connectivity index (χ0v) is 16.0. The van der Waals surface area contributed by atoms with Gasteiger partial charge in [0.2, 0.25) is 0 Å². The topological polar surface area (TPSA) is 35.5 Å². The first kappa shape index (κ1) is 17.8. The van der Waals surface area contributed by atoms with Crippen LogP contribution in [0.5, 0.6) is 5.75 Å². The van der Waals surface area contributed by atoms with Crippen LogP contribution in [0.25, 0.3) is 0 Å². The lowest BCUT2D eigenvalue weighted by molar-refractivity contribution is -0.168. The van der Waals surface area contributed by atoms with Gasteiger partial charge in [-0.2, -0.15) is 0 Å². The summed E-state index contributed by atoms with van der Waals surface area (Å²) in [6, 6.07) is 3.62. The summed E-state index contributed by atoms with van der Waals surface area (Å²) in [4.78, 5) is 11.6. The van der Waals surface area contributed by atoms with E-state index < -0.39 is 0 Å². The summed E-state index contributed by atoms with van der Waals surface area (Å²) in [5.74, 6) is 1.48. The van der Waals surface area contributed by atoms with Crippen LogP contribution in [0.1, 0.15) is 69.4 Å². The number of carbonyl (C=O) groups excluding carboxylic acids is 1. The Kier molecular flexibility index (Phi) is 4.48. The molecule has 0 N–H and O–H groups in total. The number of esters is 1. The van der Waals surface area contributed by atoms with Crippen LogP contribution >= 0.6 is 0 Å². The van der Waals surface area contributed by atoms with Crippen LogP contribution < -0.4 is 4.74 Å². The quantitative estimate of drug-likeness (QED) is 0.695. The predicted octanol–water partition coefficient (Wildman–Crippen LogP) is 5.01. The second-order valence-electron chi connectivity index (χ2n) is 8.67. The molecule has 0 saturated heterocycles. The number of benzene rings is 1. The molecule has 0 aromatic heterocycles. The monoisotopic (exact) mass is 360 g/mol. The first-order valence-electron chi connectivity index (χ1n) is 9.97. The fraction of sp³-hybridized carbons (Fsp3) is 0.682. The third kappa shape index (κ3) is 2.73. The summed E-state index contributed by atoms with van der Waals surface area (Å²) in [5.41, 5.74) is 2.50. The molecule has 3 aliphatic rings. The molecule has 2 saturated carbocycles. The molecule has 0 amide bonds. The zero-order chi connectivity index (χ0) is 18.5. The van der Waals surface area contributed by atoms with E-state index in [1.807, 2.05) is 6.07 Å². The molecule has 5 atom stereocenters. The third-order valence-corrected chi connectivity index (χ3v) is 7.46. The summed E-state index contributed by atoms with van der Waals surface area (Å²) in [6.07, 6.45) is 7.55. The minimum absolute atomic E-state index is 0.0358. The highest BCUT2D eigenvalue weighted by Gasteiger charge is 2.54. The first-order valence-corrected chi connectivity index (χ1v) is 9.97. The van der Waals surface area contributed by atoms with Crippen molar-refractivity contribution in [2.24, 2.45) is 17.3 Å². The molecule has 1 aromatic carbocycles. The normalized spacial score (nSPS) is 35.7. The van der Waals surface area contributed by atoms with Crippen molar-refractivity contribution in [2.75, 3.05) is 7.11 Å². The summed E-state index contributed by atoms with van der Waals surface area (Å²) < 4.78 is 25.3. The van der Waals surface area contributed by atoms with Gasteiger partial charge in [0.05, 0.1) is 7.11 Å². The average molecular weight is 360 g/mol. The van der Waals surface area contributed by atoms with Crippen molar-refractivity contribution in [2.45, 2.75) is 70.8 Å². The molecule has 0 bridgehead atoms. The van der Waals surface area contributed by atoms with E-state index in [4.69, 9.17) is 9.47 Å². The van der Waals surface area contributed by atoms with Gasteiger partial charge in [-0.15, -0.1) is 0 Å². The van der Waals surface area contributed by atoms with Crippen LogP contribution in [0.2, 0.25) is 0 Å². The SMILES string of the molecule is COc1cc2c(cc1F)[C@H]1CC[C@]3(C)[C@@H](OC(C)=O)CCC[C@H]3[C@@H]1CC2. The maximum absolute atomic E-state index is 14.4. The maximum Gasteiger partial charge on any atom is 0.302 e. The number of carbonyl (C=O) groups is 1. The van der Waals surface area contributed by atoms with Gasteiger partial charge in [-0.25, -0.2) is 4.39 Å². The van der Waals surface area contributed by atoms with Gasteiger partial charge in [0.25, 0.3) is 0 Å². The van der Waals surface area contributed by atoms with Crippen molar-refractivity contribution in [1.29, 1.82) is 0 Å². The van der Waals surface area contributed by atoms with Gasteiger partial charge in [-0.05, 0) is 86.0 Å². The Morgan fingerprint density at radius 1 is 1.23 bits per heavy atom. The Bertz CT molecular complexity index is 716. The molecule has 2 fully saturated rings. The lowest BCUT2D eigenvalue weighted by atomic mass is 9.50. The van der Waals surface area contributed by atoms with Crippen molar-refractivity contribution < 1.29 is 18.7 Å². The summed E-state index contributed by atoms with van der Waals surface area (Å²) in [6.45, 7) is 3.84. The number of hydrogen-bond donors (Lipinski definition) is 0. The third-order valence-electron chi connectivity index (χ3n) is 7.46. The molecular formula is C22H29FO3. The van der Waals surface area contributed by atoms with Gasteiger partial charge in [-0.3, -0.25) is 4.79 Å². The Hall–Kier alpha value is -1.58. The maximum atomic E-state index is 14.4. The summed E-state index contributed by atoms with van der Waals surface area (Å²) in [5, 5.41) is 0. The number of ether oxygens (including phenoxy) is 2. The van der Waals surface area contributed by atoms with E-state index in [0.717, 1.165) is 38.5 Å². The number of hydrogen-bond acceptors (Lipinski definition) is 3. The molecule has 0 radical (unpaired) electrons. The molecule has 0 spiro atoms. The van der Waals surface area contributed by atoms with Crippen LogP contribution in [0, 0.1) is 23.1 Å². The first-order chi connectivity index (χ1) is 12.4. The van der Waals surface area contributed by atoms with Crippen molar-refractivity contribution >= 4 is 5.97 Å². The molecule has 0 aliphatic heterocycles. The lowest BCUT2D eigenvalue weighted by Crippen LogP contribution is -2.52. The van der Waals surface area contributed by atoms with Crippen molar-refractivity contribution in [1.82, 2.24) is 0 Å². The number of halogens is 1. The minimum atomic E-state index is -0.248. The van der Waals surface area contributed by atoms with Crippen molar-refractivity contribution in [3.05, 3.63) is 29.1 Å². The standard InChI is InChI=1S/C22H29FO3/c1-13(24)26-21-6-4-5-18-16-8-7-14-11-20(25-3)19(23)12-17(14)15(16)9-10-22(18,21)2/h11-12,15-16,18,21H,4-10H2,1-3H3/t15-,16+,18-,21-,22-/m0/s1. The Morgan fingerprint density at radius 2 is 2.04 bits per heavy atom. The molecule has 26 heavy (non-hydrogen) atoms. The molecule has 4 rings (SSSR count). The largest absolute Gasteiger partial charge is 0.494 e. The highest BCUT2D eigenvalue weighted by Crippen LogP contribution is 2.60. The average Bonchev–Trinajstić information content (AvgIpc) is 2.61. The highest BCUT2D eigenvalue weighted by molar-refractivity contribution is 5.66. The minimum Gasteiger partial charge on any atom is -0.494 e. The van der Waals surface area contributed by atoms with Crippen molar-refractivity contribution in [3.63, 3.8) is 0 Å². The van der Waals surface area contributed by atoms with E-state index in [1.54, 1.807) is 6.07 Å². The summed E-state index contributed by atoms with van der Waals surface area (Å²) in [7, 11) is 1.53. The van der Waals surface area contributed by atoms with Crippen LogP contribution in [-0.4, -0.2) is 19.2 Å². The van der Waals surface area contributed by atoms with Gasteiger partial charge < -0.3 is 9.47 Å². The fourth-order valence-corrected chi connectivity index (χ4v) is 6.27. The molecule has 4 heteroatoms. The smallest absolute Gasteiger partial charge is 0.302 e. The predicted molar refractivity (Wildman–Crippen MR) is 97.7 cm³/mol. The van der Waals surface area contributed by atoms with E-state index >= 15 is 0 Å². The Balaban J connectivity index is 1.66. The van der Waals surface area contributed by atoms with Crippen LogP contribution in [0.4, 0.5) is 4.39 Å². The number of rotatable bonds is 2. The number of fused-ring (bicyclic) bond motifs is 5. The molecule has 0 unspecified atom stereocenters. The molecule has 1 aromatic rings. The van der Waals surface area contributed by atoms with E-state index in [1.165, 1.54) is 31.6 Å². The van der Waals surface area contributed by atoms with Gasteiger partial charge >= 0.3 is 5.97 Å². The second kappa shape index (κ2) is 6.54. The van der Waals surface area contributed by atoms with Gasteiger partial charge in [-0.1, -0.05) is 6.92 Å². The summed E-state index contributed by atoms with van der Waals surface area (Å²) >= 11 is 0. The van der Waals surface area contributed by atoms with Crippen LogP contribution in [-0.2, 0) is 16.0 Å². The van der Waals surface area contributed by atoms with Gasteiger partial charge in [0.1, 0.15) is 6.10 Å². The molecule has 3 aliphatic carbocycles.